The van der Waals surface area contributed by atoms with E-state index in [9.17, 15) is 0 Å². The van der Waals surface area contributed by atoms with Crippen LogP contribution >= 0.6 is 15.9 Å². The monoisotopic (exact) mass is 420 g/mol. The van der Waals surface area contributed by atoms with Crippen molar-refractivity contribution in [1.82, 2.24) is 0 Å². The fourth-order valence-electron chi connectivity index (χ4n) is 3.21. The Morgan fingerprint density at radius 3 is 2.23 bits per heavy atom. The van der Waals surface area contributed by atoms with Crippen LogP contribution in [0.1, 0.15) is 64.9 Å². The molecule has 0 aromatic heterocycles. The maximum Gasteiger partial charge on any atom is 0.130 e. The Bertz CT molecular complexity index is 667. The lowest BCUT2D eigenvalue weighted by atomic mass is 10.0. The van der Waals surface area contributed by atoms with E-state index in [1.807, 2.05) is 0 Å². The first-order valence-corrected chi connectivity index (χ1v) is 11.2. The summed E-state index contributed by atoms with van der Waals surface area (Å²) in [6, 6.07) is 10.6. The molecule has 2 aromatic rings. The maximum absolute atomic E-state index is 6.19. The largest absolute Gasteiger partial charge is 0.493 e. The lowest BCUT2D eigenvalue weighted by molar-refractivity contribution is 0.242. The van der Waals surface area contributed by atoms with Gasteiger partial charge in [-0.3, -0.25) is 0 Å². The van der Waals surface area contributed by atoms with Gasteiger partial charge in [0, 0.05) is 16.1 Å². The Morgan fingerprint density at radius 2 is 1.58 bits per heavy atom. The third-order valence-corrected chi connectivity index (χ3v) is 5.11. The molecule has 0 aliphatic heterocycles. The highest BCUT2D eigenvalue weighted by molar-refractivity contribution is 9.09. The Hall–Kier alpha value is -1.22. The predicted molar refractivity (Wildman–Crippen MR) is 116 cm³/mol. The average Bonchev–Trinajstić information content (AvgIpc) is 2.64. The molecule has 0 radical (unpaired) electrons. The van der Waals surface area contributed by atoms with E-state index in [4.69, 9.17) is 9.47 Å². The van der Waals surface area contributed by atoms with Gasteiger partial charge in [-0.25, -0.2) is 0 Å². The second kappa shape index (κ2) is 11.5. The van der Waals surface area contributed by atoms with Gasteiger partial charge < -0.3 is 9.47 Å². The van der Waals surface area contributed by atoms with Gasteiger partial charge in [0.05, 0.1) is 12.7 Å². The summed E-state index contributed by atoms with van der Waals surface area (Å²) >= 11 is 3.49. The highest BCUT2D eigenvalue weighted by Crippen LogP contribution is 2.37. The molecule has 0 aliphatic rings. The fraction of sp³-hybridized carbons (Fsp3) is 0.565. The predicted octanol–water partition coefficient (Wildman–Crippen LogP) is 7.30. The van der Waals surface area contributed by atoms with Crippen LogP contribution in [0.15, 0.2) is 30.3 Å². The van der Waals surface area contributed by atoms with Crippen LogP contribution in [0.4, 0.5) is 0 Å². The normalized spacial score (nSPS) is 11.3. The number of unbranched alkanes of at least 4 members (excludes halogenated alkanes) is 5. The lowest BCUT2D eigenvalue weighted by Crippen LogP contribution is -2.08. The van der Waals surface area contributed by atoms with Crippen LogP contribution in [-0.4, -0.2) is 18.0 Å². The first-order chi connectivity index (χ1) is 12.7. The molecule has 0 unspecified atom stereocenters. The molecular weight excluding hydrogens is 388 g/mol. The first kappa shape index (κ1) is 21.1. The van der Waals surface area contributed by atoms with E-state index in [0.29, 0.717) is 0 Å². The first-order valence-electron chi connectivity index (χ1n) is 10.1. The van der Waals surface area contributed by atoms with Crippen molar-refractivity contribution in [1.29, 1.82) is 0 Å². The van der Waals surface area contributed by atoms with E-state index in [-0.39, 0.29) is 6.10 Å². The van der Waals surface area contributed by atoms with Crippen LogP contribution < -0.4 is 9.47 Å². The molecule has 144 valence electrons. The van der Waals surface area contributed by atoms with Gasteiger partial charge in [0.15, 0.2) is 0 Å². The van der Waals surface area contributed by atoms with Crippen LogP contribution in [0.5, 0.6) is 11.5 Å². The fourth-order valence-corrected chi connectivity index (χ4v) is 3.61. The van der Waals surface area contributed by atoms with Gasteiger partial charge in [-0.15, -0.1) is 0 Å². The molecule has 0 saturated heterocycles. The number of halogens is 1. The quantitative estimate of drug-likeness (QED) is 0.264. The molecule has 0 aliphatic carbocycles. The molecule has 2 aromatic carbocycles. The summed E-state index contributed by atoms with van der Waals surface area (Å²) in [7, 11) is 0. The molecule has 0 atom stereocenters. The van der Waals surface area contributed by atoms with E-state index in [0.717, 1.165) is 47.1 Å². The minimum atomic E-state index is 0.167. The topological polar surface area (TPSA) is 18.5 Å². The second-order valence-electron chi connectivity index (χ2n) is 7.09. The highest BCUT2D eigenvalue weighted by Gasteiger charge is 2.14. The summed E-state index contributed by atoms with van der Waals surface area (Å²) in [5.41, 5.74) is 1.22. The van der Waals surface area contributed by atoms with Gasteiger partial charge in [-0.1, -0.05) is 72.8 Å². The summed E-state index contributed by atoms with van der Waals surface area (Å²) in [6.07, 6.45) is 8.72. The van der Waals surface area contributed by atoms with Gasteiger partial charge in [-0.2, -0.15) is 0 Å². The van der Waals surface area contributed by atoms with Crippen molar-refractivity contribution in [2.45, 2.75) is 71.8 Å². The van der Waals surface area contributed by atoms with Gasteiger partial charge in [-0.05, 0) is 44.7 Å². The summed E-state index contributed by atoms with van der Waals surface area (Å²) in [6.45, 7) is 7.12. The van der Waals surface area contributed by atoms with Crippen LogP contribution in [0.3, 0.4) is 0 Å². The summed E-state index contributed by atoms with van der Waals surface area (Å²) in [4.78, 5) is 0. The van der Waals surface area contributed by atoms with Crippen molar-refractivity contribution >= 4 is 26.7 Å². The second-order valence-corrected chi connectivity index (χ2v) is 7.88. The Morgan fingerprint density at radius 1 is 0.923 bits per heavy atom. The van der Waals surface area contributed by atoms with Crippen molar-refractivity contribution in [2.24, 2.45) is 0 Å². The smallest absolute Gasteiger partial charge is 0.130 e. The van der Waals surface area contributed by atoms with Crippen LogP contribution in [0, 0.1) is 0 Å². The molecule has 0 N–H and O–H groups in total. The number of ether oxygens (including phenoxy) is 2. The van der Waals surface area contributed by atoms with Gasteiger partial charge >= 0.3 is 0 Å². The number of hydrogen-bond acceptors (Lipinski definition) is 2. The molecule has 0 spiro atoms. The molecule has 2 nitrogen and oxygen atoms in total. The standard InChI is InChI=1S/C23H33BrO2/c1-4-19-17-22(25-16-12-8-6-5-7-11-15-24)20-13-9-10-14-21(20)23(19)26-18(2)3/h9-10,13-14,17-18H,4-8,11-12,15-16H2,1-3H3. The zero-order chi connectivity index (χ0) is 18.8. The van der Waals surface area contributed by atoms with Crippen molar-refractivity contribution in [3.05, 3.63) is 35.9 Å². The number of alkyl halides is 1. The van der Waals surface area contributed by atoms with E-state index in [1.165, 1.54) is 37.7 Å². The van der Waals surface area contributed by atoms with Crippen molar-refractivity contribution in [3.8, 4) is 11.5 Å². The van der Waals surface area contributed by atoms with E-state index in [1.54, 1.807) is 0 Å². The minimum Gasteiger partial charge on any atom is -0.493 e. The van der Waals surface area contributed by atoms with E-state index >= 15 is 0 Å². The minimum absolute atomic E-state index is 0.167. The SMILES string of the molecule is CCc1cc(OCCCCCCCCBr)c2ccccc2c1OC(C)C. The molecule has 0 fully saturated rings. The van der Waals surface area contributed by atoms with Crippen molar-refractivity contribution in [2.75, 3.05) is 11.9 Å². The zero-order valence-electron chi connectivity index (χ0n) is 16.5. The summed E-state index contributed by atoms with van der Waals surface area (Å²) in [5.74, 6) is 2.00. The molecule has 2 rings (SSSR count). The third kappa shape index (κ3) is 6.19. The summed E-state index contributed by atoms with van der Waals surface area (Å²) in [5, 5.41) is 3.43. The number of benzene rings is 2. The molecule has 3 heteroatoms. The van der Waals surface area contributed by atoms with Crippen LogP contribution in [0.2, 0.25) is 0 Å². The molecule has 0 amide bonds. The number of aryl methyl sites for hydroxylation is 1. The van der Waals surface area contributed by atoms with E-state index in [2.05, 4.69) is 67.0 Å². The highest BCUT2D eigenvalue weighted by atomic mass is 79.9. The summed E-state index contributed by atoms with van der Waals surface area (Å²) < 4.78 is 12.3. The van der Waals surface area contributed by atoms with Crippen LogP contribution in [-0.2, 0) is 6.42 Å². The lowest BCUT2D eigenvalue weighted by Gasteiger charge is -2.19. The van der Waals surface area contributed by atoms with E-state index < -0.39 is 0 Å². The Kier molecular flexibility index (Phi) is 9.31. The molecule has 26 heavy (non-hydrogen) atoms. The third-order valence-electron chi connectivity index (χ3n) is 4.55. The average molecular weight is 421 g/mol. The van der Waals surface area contributed by atoms with Gasteiger partial charge in [0.1, 0.15) is 11.5 Å². The van der Waals surface area contributed by atoms with Gasteiger partial charge in [0.2, 0.25) is 0 Å². The molecule has 0 saturated carbocycles. The van der Waals surface area contributed by atoms with Crippen LogP contribution in [0.25, 0.3) is 10.8 Å². The maximum atomic E-state index is 6.19. The molecule has 0 bridgehead atoms. The molecule has 0 heterocycles. The number of rotatable bonds is 12. The van der Waals surface area contributed by atoms with Gasteiger partial charge in [0.25, 0.3) is 0 Å². The number of hydrogen-bond donors (Lipinski definition) is 0. The van der Waals surface area contributed by atoms with Crippen molar-refractivity contribution < 1.29 is 9.47 Å². The Balaban J connectivity index is 2.03. The molecular formula is C23H33BrO2. The number of fused-ring (bicyclic) bond motifs is 1. The zero-order valence-corrected chi connectivity index (χ0v) is 18.1. The van der Waals surface area contributed by atoms with Crippen molar-refractivity contribution in [3.63, 3.8) is 0 Å². The Labute approximate surface area is 167 Å².